The fraction of sp³-hybridized carbons (Fsp3) is 0.303. The van der Waals surface area contributed by atoms with E-state index < -0.39 is 77.2 Å². The van der Waals surface area contributed by atoms with E-state index in [1.165, 1.54) is 24.3 Å². The van der Waals surface area contributed by atoms with E-state index in [-0.39, 0.29) is 30.0 Å². The highest BCUT2D eigenvalue weighted by Gasteiger charge is 2.71. The molecule has 2 aliphatic carbocycles. The maximum atomic E-state index is 14.9. The molecular weight excluding hydrogens is 621 g/mol. The Kier molecular flexibility index (Phi) is 7.09. The van der Waals surface area contributed by atoms with Gasteiger partial charge in [0.2, 0.25) is 11.8 Å². The number of imide groups is 4. The highest BCUT2D eigenvalue weighted by molar-refractivity contribution is 6.30. The fourth-order valence-corrected chi connectivity index (χ4v) is 8.00. The number of methoxy groups -OCH3 is 1. The monoisotopic (exact) mass is 647 g/mol. The van der Waals surface area contributed by atoms with Crippen LogP contribution in [-0.4, -0.2) is 51.8 Å². The predicted octanol–water partition coefficient (Wildman–Crippen LogP) is 4.32. The van der Waals surface area contributed by atoms with Crippen molar-refractivity contribution >= 4 is 47.0 Å². The molecule has 3 aromatic rings. The molecule has 0 spiro atoms. The zero-order valence-electron chi connectivity index (χ0n) is 24.3. The Morgan fingerprint density at radius 3 is 2.39 bits per heavy atom. The Balaban J connectivity index is 1.44. The van der Waals surface area contributed by atoms with Crippen LogP contribution in [-0.2, 0) is 35.9 Å². The van der Waals surface area contributed by atoms with Crippen molar-refractivity contribution in [1.82, 2.24) is 9.91 Å². The Morgan fingerprint density at radius 1 is 1.02 bits per heavy atom. The van der Waals surface area contributed by atoms with E-state index in [2.05, 4.69) is 5.43 Å². The largest absolute Gasteiger partial charge is 0.463 e. The summed E-state index contributed by atoms with van der Waals surface area (Å²) in [7, 11) is 1.08. The lowest BCUT2D eigenvalue weighted by Gasteiger charge is -2.49. The van der Waals surface area contributed by atoms with Crippen LogP contribution < -0.4 is 5.43 Å². The third kappa shape index (κ3) is 4.16. The molecule has 3 fully saturated rings. The molecule has 1 aromatic heterocycles. The summed E-state index contributed by atoms with van der Waals surface area (Å²) in [6, 6.07) is 14.9. The molecule has 3 heterocycles. The number of nitrogens with zero attached hydrogens (tertiary/aromatic N) is 2. The Hall–Kier alpha value is -4.81. The molecular formula is C33H27ClFN3O8. The number of ether oxygens (including phenoxy) is 1. The second-order valence-corrected chi connectivity index (χ2v) is 12.3. The number of anilines is 1. The molecule has 2 aromatic carbocycles. The zero-order valence-corrected chi connectivity index (χ0v) is 25.1. The van der Waals surface area contributed by atoms with Crippen molar-refractivity contribution in [3.63, 3.8) is 0 Å². The SMILES string of the molecule is COC(=O)N1C(=O)C2CC=C3C(CC4C(=O)N(Nc5ccc(F)cc5)C(=O)C4(c4ccc(Cl)cc4)C3c3ccc(CO)o3)C2C1=O. The first kappa shape index (κ1) is 29.9. The first-order valence-corrected chi connectivity index (χ1v) is 15.0. The van der Waals surface area contributed by atoms with Gasteiger partial charge in [-0.2, -0.15) is 9.91 Å². The van der Waals surface area contributed by atoms with Gasteiger partial charge in [0, 0.05) is 5.02 Å². The first-order valence-electron chi connectivity index (χ1n) is 14.6. The standard InChI is InChI=1S/C33H27ClFN3O8/c1-45-32(44)37-28(40)22-12-11-21-23(26(22)30(37)42)14-24-29(41)38(36-19-8-6-18(35)7-9-19)31(43)33(24,16-2-4-17(34)5-3-16)27(21)25-13-10-20(15-39)46-25/h2-11,13,22-24,26-27,36,39H,12,14-15H2,1H3. The van der Waals surface area contributed by atoms with Gasteiger partial charge >= 0.3 is 6.09 Å². The number of carbonyl (C=O) groups is 5. The molecule has 46 heavy (non-hydrogen) atoms. The molecule has 0 bridgehead atoms. The zero-order chi connectivity index (χ0) is 32.5. The number of hydrazine groups is 1. The van der Waals surface area contributed by atoms with Crippen LogP contribution in [0, 0.1) is 29.5 Å². The van der Waals surface area contributed by atoms with Crippen molar-refractivity contribution < 1.29 is 42.6 Å². The van der Waals surface area contributed by atoms with Crippen LogP contribution in [0.25, 0.3) is 0 Å². The number of allylic oxidation sites excluding steroid dienone is 2. The van der Waals surface area contributed by atoms with E-state index in [9.17, 15) is 33.5 Å². The lowest BCUT2D eigenvalue weighted by Crippen LogP contribution is -2.53. The molecule has 2 aliphatic heterocycles. The van der Waals surface area contributed by atoms with E-state index >= 15 is 0 Å². The third-order valence-corrected chi connectivity index (χ3v) is 9.99. The van der Waals surface area contributed by atoms with E-state index in [4.69, 9.17) is 20.8 Å². The number of halogens is 2. The topological polar surface area (TPSA) is 146 Å². The normalized spacial score (nSPS) is 28.5. The molecule has 6 atom stereocenters. The molecule has 0 radical (unpaired) electrons. The summed E-state index contributed by atoms with van der Waals surface area (Å²) in [4.78, 5) is 69.4. The van der Waals surface area contributed by atoms with Crippen molar-refractivity contribution in [2.24, 2.45) is 23.7 Å². The summed E-state index contributed by atoms with van der Waals surface area (Å²) in [6.45, 7) is -0.427. The number of aliphatic hydroxyl groups excluding tert-OH is 1. The fourth-order valence-electron chi connectivity index (χ4n) is 7.87. The van der Waals surface area contributed by atoms with Gasteiger partial charge in [-0.05, 0) is 72.9 Å². The van der Waals surface area contributed by atoms with Crippen LogP contribution in [0.4, 0.5) is 14.9 Å². The second kappa shape index (κ2) is 10.9. The number of amides is 5. The molecule has 2 saturated heterocycles. The summed E-state index contributed by atoms with van der Waals surface area (Å²) in [5.41, 5.74) is 2.57. The number of aliphatic hydroxyl groups is 1. The summed E-state index contributed by atoms with van der Waals surface area (Å²) >= 11 is 6.26. The molecule has 4 aliphatic rings. The van der Waals surface area contributed by atoms with Gasteiger partial charge in [0.1, 0.15) is 29.4 Å². The lowest BCUT2D eigenvalue weighted by atomic mass is 9.50. The van der Waals surface area contributed by atoms with Crippen LogP contribution in [0.15, 0.2) is 76.7 Å². The number of rotatable bonds is 5. The molecule has 6 unspecified atom stereocenters. The van der Waals surface area contributed by atoms with Crippen LogP contribution in [0.1, 0.15) is 35.8 Å². The number of furan rings is 1. The number of fused-ring (bicyclic) bond motifs is 4. The van der Waals surface area contributed by atoms with Gasteiger partial charge in [0.25, 0.3) is 11.8 Å². The molecule has 2 N–H and O–H groups in total. The van der Waals surface area contributed by atoms with Gasteiger partial charge in [-0.3, -0.25) is 24.6 Å². The van der Waals surface area contributed by atoms with E-state index in [1.54, 1.807) is 42.5 Å². The number of carbonyl (C=O) groups excluding carboxylic acids is 5. The quantitative estimate of drug-likeness (QED) is 0.305. The predicted molar refractivity (Wildman–Crippen MR) is 158 cm³/mol. The Morgan fingerprint density at radius 2 is 1.74 bits per heavy atom. The first-order chi connectivity index (χ1) is 22.1. The van der Waals surface area contributed by atoms with E-state index in [0.717, 1.165) is 12.1 Å². The number of hydrogen-bond donors (Lipinski definition) is 2. The minimum absolute atomic E-state index is 0.0140. The maximum Gasteiger partial charge on any atom is 0.423 e. The van der Waals surface area contributed by atoms with Crippen molar-refractivity contribution in [2.75, 3.05) is 12.5 Å². The van der Waals surface area contributed by atoms with Crippen LogP contribution in [0.2, 0.25) is 5.02 Å². The molecule has 236 valence electrons. The van der Waals surface area contributed by atoms with Gasteiger partial charge in [-0.25, -0.2) is 9.18 Å². The summed E-state index contributed by atoms with van der Waals surface area (Å²) < 4.78 is 24.5. The van der Waals surface area contributed by atoms with E-state index in [1.807, 2.05) is 0 Å². The molecule has 5 amide bonds. The van der Waals surface area contributed by atoms with Crippen molar-refractivity contribution in [3.8, 4) is 0 Å². The van der Waals surface area contributed by atoms with Gasteiger partial charge in [-0.15, -0.1) is 0 Å². The molecule has 7 rings (SSSR count). The van der Waals surface area contributed by atoms with Crippen LogP contribution in [0.3, 0.4) is 0 Å². The molecule has 1 saturated carbocycles. The smallest absolute Gasteiger partial charge is 0.423 e. The highest BCUT2D eigenvalue weighted by Crippen LogP contribution is 2.64. The van der Waals surface area contributed by atoms with Crippen LogP contribution >= 0.6 is 11.6 Å². The number of nitrogens with one attached hydrogen (secondary N) is 1. The number of benzene rings is 2. The number of hydrogen-bond acceptors (Lipinski definition) is 9. The Bertz CT molecular complexity index is 1820. The average molecular weight is 648 g/mol. The van der Waals surface area contributed by atoms with Gasteiger partial charge in [0.05, 0.1) is 36.5 Å². The lowest BCUT2D eigenvalue weighted by molar-refractivity contribution is -0.140. The van der Waals surface area contributed by atoms with Crippen molar-refractivity contribution in [2.45, 2.75) is 30.8 Å². The minimum atomic E-state index is -1.62. The minimum Gasteiger partial charge on any atom is -0.463 e. The highest BCUT2D eigenvalue weighted by atomic mass is 35.5. The summed E-state index contributed by atoms with van der Waals surface area (Å²) in [5.74, 6) is -7.30. The van der Waals surface area contributed by atoms with E-state index in [0.29, 0.717) is 21.1 Å². The van der Waals surface area contributed by atoms with Gasteiger partial charge in [0.15, 0.2) is 0 Å². The maximum absolute atomic E-state index is 14.9. The van der Waals surface area contributed by atoms with Gasteiger partial charge in [-0.1, -0.05) is 35.4 Å². The second-order valence-electron chi connectivity index (χ2n) is 11.8. The van der Waals surface area contributed by atoms with Crippen LogP contribution in [0.5, 0.6) is 0 Å². The van der Waals surface area contributed by atoms with Crippen molar-refractivity contribution in [1.29, 1.82) is 0 Å². The third-order valence-electron chi connectivity index (χ3n) is 9.74. The average Bonchev–Trinajstić information content (AvgIpc) is 3.70. The summed E-state index contributed by atoms with van der Waals surface area (Å²) in [6.07, 6.45) is 0.791. The Labute approximate surface area is 266 Å². The molecule has 11 nitrogen and oxygen atoms in total. The van der Waals surface area contributed by atoms with Crippen molar-refractivity contribution in [3.05, 3.63) is 100 Å². The summed E-state index contributed by atoms with van der Waals surface area (Å²) in [5, 5.41) is 11.2. The number of likely N-dealkylation sites (tertiary alicyclic amines) is 1. The molecule has 13 heteroatoms. The van der Waals surface area contributed by atoms with Gasteiger partial charge < -0.3 is 14.3 Å².